The number of anilines is 1. The zero-order valence-electron chi connectivity index (χ0n) is 14.5. The summed E-state index contributed by atoms with van der Waals surface area (Å²) in [5, 5.41) is 14.9. The van der Waals surface area contributed by atoms with Gasteiger partial charge in [0.1, 0.15) is 18.0 Å². The Morgan fingerprint density at radius 3 is 2.70 bits per heavy atom. The fraction of sp³-hybridized carbons (Fsp3) is 0.200. The van der Waals surface area contributed by atoms with Crippen LogP contribution < -0.4 is 10.6 Å². The second-order valence-electron chi connectivity index (χ2n) is 6.48. The number of hydrogen-bond acceptors (Lipinski definition) is 4. The molecule has 0 atom stereocenters. The quantitative estimate of drug-likeness (QED) is 0.608. The molecule has 3 aromatic rings. The third-order valence-electron chi connectivity index (χ3n) is 4.51. The third kappa shape index (κ3) is 3.51. The molecule has 0 saturated heterocycles. The van der Waals surface area contributed by atoms with Crippen LogP contribution in [0.3, 0.4) is 0 Å². The van der Waals surface area contributed by atoms with Gasteiger partial charge in [-0.2, -0.15) is 5.26 Å². The number of rotatable bonds is 5. The molecule has 3 N–H and O–H groups in total. The largest absolute Gasteiger partial charge is 0.346 e. The van der Waals surface area contributed by atoms with E-state index in [-0.39, 0.29) is 24.3 Å². The van der Waals surface area contributed by atoms with E-state index in [1.54, 1.807) is 18.3 Å². The number of amides is 2. The summed E-state index contributed by atoms with van der Waals surface area (Å²) in [6, 6.07) is 12.8. The van der Waals surface area contributed by atoms with Crippen LogP contribution in [0.1, 0.15) is 23.2 Å². The van der Waals surface area contributed by atoms with Gasteiger partial charge in [0, 0.05) is 23.1 Å². The Morgan fingerprint density at radius 2 is 2.00 bits per heavy atom. The predicted octanol–water partition coefficient (Wildman–Crippen LogP) is 2.83. The second-order valence-corrected chi connectivity index (χ2v) is 6.48. The fourth-order valence-electron chi connectivity index (χ4n) is 2.94. The van der Waals surface area contributed by atoms with E-state index in [9.17, 15) is 9.59 Å². The first kappa shape index (κ1) is 16.8. The normalized spacial score (nSPS) is 13.1. The number of nitrogens with zero attached hydrogens (tertiary/aromatic N) is 2. The number of pyridine rings is 1. The minimum Gasteiger partial charge on any atom is -0.346 e. The number of H-pyrrole nitrogens is 1. The number of carbonyl (C=O) groups is 2. The van der Waals surface area contributed by atoms with Gasteiger partial charge in [0.2, 0.25) is 5.91 Å². The molecule has 0 bridgehead atoms. The molecule has 0 aliphatic heterocycles. The van der Waals surface area contributed by atoms with Crippen LogP contribution in [0.5, 0.6) is 0 Å². The van der Waals surface area contributed by atoms with Gasteiger partial charge in [-0.25, -0.2) is 4.98 Å². The number of nitrogens with one attached hydrogen (secondary N) is 3. The lowest BCUT2D eigenvalue weighted by Crippen LogP contribution is -2.23. The fourth-order valence-corrected chi connectivity index (χ4v) is 2.94. The van der Waals surface area contributed by atoms with Crippen LogP contribution >= 0.6 is 0 Å². The highest BCUT2D eigenvalue weighted by Gasteiger charge is 2.30. The number of aromatic amines is 1. The number of benzene rings is 1. The third-order valence-corrected chi connectivity index (χ3v) is 4.51. The lowest BCUT2D eigenvalue weighted by molar-refractivity contribution is -0.117. The van der Waals surface area contributed by atoms with E-state index in [0.29, 0.717) is 17.0 Å². The zero-order chi connectivity index (χ0) is 18.8. The maximum absolute atomic E-state index is 12.1. The summed E-state index contributed by atoms with van der Waals surface area (Å²) in [5.41, 5.74) is 2.99. The summed E-state index contributed by atoms with van der Waals surface area (Å²) >= 11 is 0. The highest BCUT2D eigenvalue weighted by Crippen LogP contribution is 2.32. The number of carbonyl (C=O) groups excluding carboxylic acids is 2. The molecule has 7 nitrogen and oxygen atoms in total. The van der Waals surface area contributed by atoms with Gasteiger partial charge in [-0.05, 0) is 48.2 Å². The average Bonchev–Trinajstić information content (AvgIpc) is 3.44. The molecule has 0 unspecified atom stereocenters. The van der Waals surface area contributed by atoms with Gasteiger partial charge in [0.25, 0.3) is 5.91 Å². The Balaban J connectivity index is 1.65. The topological polar surface area (TPSA) is 111 Å². The zero-order valence-corrected chi connectivity index (χ0v) is 14.5. The van der Waals surface area contributed by atoms with Crippen molar-refractivity contribution in [1.82, 2.24) is 15.3 Å². The monoisotopic (exact) mass is 359 g/mol. The first-order valence-electron chi connectivity index (χ1n) is 8.70. The van der Waals surface area contributed by atoms with Crippen molar-refractivity contribution in [3.8, 4) is 17.2 Å². The van der Waals surface area contributed by atoms with Crippen molar-refractivity contribution >= 4 is 28.7 Å². The van der Waals surface area contributed by atoms with Crippen molar-refractivity contribution in [2.24, 2.45) is 5.92 Å². The number of nitriles is 1. The molecule has 7 heteroatoms. The molecule has 1 saturated carbocycles. The Labute approximate surface area is 155 Å². The van der Waals surface area contributed by atoms with Gasteiger partial charge in [-0.1, -0.05) is 12.1 Å². The molecular weight excluding hydrogens is 342 g/mol. The smallest absolute Gasteiger partial charge is 0.252 e. The predicted molar refractivity (Wildman–Crippen MR) is 101 cm³/mol. The van der Waals surface area contributed by atoms with Crippen molar-refractivity contribution in [2.75, 3.05) is 11.9 Å². The summed E-state index contributed by atoms with van der Waals surface area (Å²) in [5.74, 6) is 0.319. The Bertz CT molecular complexity index is 1060. The van der Waals surface area contributed by atoms with Gasteiger partial charge in [0.05, 0.1) is 6.07 Å². The van der Waals surface area contributed by atoms with Crippen LogP contribution in [-0.2, 0) is 4.79 Å². The van der Waals surface area contributed by atoms with E-state index in [1.165, 1.54) is 0 Å². The second kappa shape index (κ2) is 6.92. The Morgan fingerprint density at radius 1 is 1.22 bits per heavy atom. The first-order chi connectivity index (χ1) is 13.2. The maximum atomic E-state index is 12.1. The van der Waals surface area contributed by atoms with Gasteiger partial charge >= 0.3 is 0 Å². The van der Waals surface area contributed by atoms with Gasteiger partial charge in [-0.15, -0.1) is 0 Å². The molecule has 0 spiro atoms. The molecule has 27 heavy (non-hydrogen) atoms. The van der Waals surface area contributed by atoms with Crippen LogP contribution in [0.4, 0.5) is 5.82 Å². The molecule has 1 fully saturated rings. The lowest BCUT2D eigenvalue weighted by Gasteiger charge is -2.09. The number of aromatic nitrogens is 2. The van der Waals surface area contributed by atoms with Crippen molar-refractivity contribution in [3.05, 3.63) is 48.2 Å². The van der Waals surface area contributed by atoms with Crippen molar-refractivity contribution in [2.45, 2.75) is 12.8 Å². The molecule has 1 aliphatic carbocycles. The Hall–Kier alpha value is -3.66. The van der Waals surface area contributed by atoms with E-state index in [1.807, 2.05) is 30.3 Å². The molecule has 4 rings (SSSR count). The molecule has 134 valence electrons. The molecule has 2 heterocycles. The molecule has 1 aliphatic rings. The summed E-state index contributed by atoms with van der Waals surface area (Å²) in [4.78, 5) is 31.6. The summed E-state index contributed by atoms with van der Waals surface area (Å²) in [7, 11) is 0. The van der Waals surface area contributed by atoms with Crippen molar-refractivity contribution in [1.29, 1.82) is 5.26 Å². The minimum absolute atomic E-state index is 0.00358. The van der Waals surface area contributed by atoms with Crippen molar-refractivity contribution < 1.29 is 9.59 Å². The van der Waals surface area contributed by atoms with E-state index in [2.05, 4.69) is 20.6 Å². The van der Waals surface area contributed by atoms with Crippen LogP contribution in [0.15, 0.2) is 42.6 Å². The average molecular weight is 359 g/mol. The molecule has 0 radical (unpaired) electrons. The van der Waals surface area contributed by atoms with E-state index in [4.69, 9.17) is 5.26 Å². The summed E-state index contributed by atoms with van der Waals surface area (Å²) in [6.45, 7) is -0.0288. The van der Waals surface area contributed by atoms with Gasteiger partial charge in [-0.3, -0.25) is 9.59 Å². The van der Waals surface area contributed by atoms with Crippen LogP contribution in [0.2, 0.25) is 0 Å². The molecular formula is C20H17N5O2. The summed E-state index contributed by atoms with van der Waals surface area (Å²) < 4.78 is 0. The van der Waals surface area contributed by atoms with Crippen molar-refractivity contribution in [3.63, 3.8) is 0 Å². The maximum Gasteiger partial charge on any atom is 0.252 e. The first-order valence-corrected chi connectivity index (χ1v) is 8.70. The highest BCUT2D eigenvalue weighted by atomic mass is 16.2. The SMILES string of the molecule is N#CCNC(=O)c1ccc(-c2cc(NC(=O)C3CC3)nc3[nH]ccc23)cc1. The minimum atomic E-state index is -0.290. The Kier molecular flexibility index (Phi) is 4.30. The number of hydrogen-bond donors (Lipinski definition) is 3. The van der Waals surface area contributed by atoms with Gasteiger partial charge in [0.15, 0.2) is 0 Å². The van der Waals surface area contributed by atoms with Crippen LogP contribution in [-0.4, -0.2) is 28.3 Å². The summed E-state index contributed by atoms with van der Waals surface area (Å²) in [6.07, 6.45) is 3.66. The van der Waals surface area contributed by atoms with E-state index in [0.717, 1.165) is 29.4 Å². The van der Waals surface area contributed by atoms with Crippen LogP contribution in [0, 0.1) is 17.2 Å². The standard InChI is InChI=1S/C20H17N5O2/c21-8-10-23-19(26)13-3-1-12(2-4-13)16-11-17(25-20(27)14-5-6-14)24-18-15(16)7-9-22-18/h1-4,7,9,11,14H,5-6,10H2,(H,23,26)(H2,22,24,25,27). The molecule has 2 amide bonds. The lowest BCUT2D eigenvalue weighted by atomic mass is 10.0. The van der Waals surface area contributed by atoms with Gasteiger partial charge < -0.3 is 15.6 Å². The highest BCUT2D eigenvalue weighted by molar-refractivity contribution is 6.00. The molecule has 1 aromatic carbocycles. The van der Waals surface area contributed by atoms with E-state index >= 15 is 0 Å². The van der Waals surface area contributed by atoms with E-state index < -0.39 is 0 Å². The number of fused-ring (bicyclic) bond motifs is 1. The molecule has 2 aromatic heterocycles. The van der Waals surface area contributed by atoms with Crippen LogP contribution in [0.25, 0.3) is 22.2 Å².